The van der Waals surface area contributed by atoms with Crippen molar-refractivity contribution in [2.24, 2.45) is 5.92 Å². The van der Waals surface area contributed by atoms with E-state index in [1.165, 1.54) is 12.1 Å². The van der Waals surface area contributed by atoms with E-state index in [-0.39, 0.29) is 11.7 Å². The fourth-order valence-corrected chi connectivity index (χ4v) is 2.19. The monoisotopic (exact) mass is 251 g/mol. The van der Waals surface area contributed by atoms with Gasteiger partial charge in [-0.1, -0.05) is 12.1 Å². The Morgan fingerprint density at radius 2 is 2.06 bits per heavy atom. The Hall–Kier alpha value is -1.42. The summed E-state index contributed by atoms with van der Waals surface area (Å²) >= 11 is 0. The number of hydrogen-bond donors (Lipinski definition) is 1. The maximum atomic E-state index is 13.3. The van der Waals surface area contributed by atoms with E-state index < -0.39 is 5.82 Å². The second-order valence-electron chi connectivity index (χ2n) is 4.64. The maximum absolute atomic E-state index is 13.3. The number of carbonyl (C=O) groups excluding carboxylic acids is 1. The summed E-state index contributed by atoms with van der Waals surface area (Å²) in [5, 5.41) is 3.28. The summed E-state index contributed by atoms with van der Waals surface area (Å²) in [4.78, 5) is 11.6. The third-order valence-electron chi connectivity index (χ3n) is 3.28. The summed E-state index contributed by atoms with van der Waals surface area (Å²) in [6.45, 7) is 2.04. The Bertz CT molecular complexity index is 403. The van der Waals surface area contributed by atoms with Gasteiger partial charge in [0.15, 0.2) is 11.6 Å². The van der Waals surface area contributed by atoms with Crippen molar-refractivity contribution >= 4 is 5.97 Å². The van der Waals surface area contributed by atoms with Crippen LogP contribution in [-0.2, 0) is 4.79 Å². The minimum Gasteiger partial charge on any atom is -0.423 e. The highest BCUT2D eigenvalue weighted by Crippen LogP contribution is 2.20. The van der Waals surface area contributed by atoms with E-state index in [0.717, 1.165) is 32.4 Å². The zero-order valence-corrected chi connectivity index (χ0v) is 10.3. The van der Waals surface area contributed by atoms with Gasteiger partial charge in [-0.2, -0.15) is 0 Å². The van der Waals surface area contributed by atoms with Gasteiger partial charge in [0.2, 0.25) is 0 Å². The molecule has 1 aromatic rings. The van der Waals surface area contributed by atoms with Gasteiger partial charge in [-0.15, -0.1) is 0 Å². The van der Waals surface area contributed by atoms with Crippen LogP contribution in [0.3, 0.4) is 0 Å². The molecule has 2 rings (SSSR count). The van der Waals surface area contributed by atoms with Gasteiger partial charge < -0.3 is 10.1 Å². The highest BCUT2D eigenvalue weighted by molar-refractivity contribution is 5.72. The van der Waals surface area contributed by atoms with E-state index in [1.807, 2.05) is 0 Å². The molecule has 1 aliphatic heterocycles. The summed E-state index contributed by atoms with van der Waals surface area (Å²) in [5.41, 5.74) is 0. The maximum Gasteiger partial charge on any atom is 0.311 e. The standard InChI is InChI=1S/C14H18FNO2/c15-12-3-1-2-4-13(12)18-14(17)6-5-11-7-9-16-10-8-11/h1-4,11,16H,5-10H2. The van der Waals surface area contributed by atoms with Gasteiger partial charge in [0.25, 0.3) is 0 Å². The Balaban J connectivity index is 1.76. The SMILES string of the molecule is O=C(CCC1CCNCC1)Oc1ccccc1F. The average molecular weight is 251 g/mol. The van der Waals surface area contributed by atoms with Gasteiger partial charge in [0.1, 0.15) is 0 Å². The largest absolute Gasteiger partial charge is 0.423 e. The van der Waals surface area contributed by atoms with Crippen LogP contribution in [0.25, 0.3) is 0 Å². The summed E-state index contributed by atoms with van der Waals surface area (Å²) in [6, 6.07) is 5.98. The van der Waals surface area contributed by atoms with Crippen molar-refractivity contribution in [1.82, 2.24) is 5.32 Å². The van der Waals surface area contributed by atoms with Crippen molar-refractivity contribution in [3.8, 4) is 5.75 Å². The van der Waals surface area contributed by atoms with Gasteiger partial charge in [-0.3, -0.25) is 4.79 Å². The lowest BCUT2D eigenvalue weighted by Gasteiger charge is -2.21. The van der Waals surface area contributed by atoms with Crippen LogP contribution in [0.4, 0.5) is 4.39 Å². The predicted molar refractivity (Wildman–Crippen MR) is 66.9 cm³/mol. The number of halogens is 1. The predicted octanol–water partition coefficient (Wildman–Crippen LogP) is 2.51. The number of ether oxygens (including phenoxy) is 1. The number of rotatable bonds is 4. The second kappa shape index (κ2) is 6.50. The highest BCUT2D eigenvalue weighted by atomic mass is 19.1. The molecule has 1 heterocycles. The van der Waals surface area contributed by atoms with Crippen LogP contribution in [-0.4, -0.2) is 19.1 Å². The third kappa shape index (κ3) is 3.81. The molecule has 1 saturated heterocycles. The molecule has 1 fully saturated rings. The lowest BCUT2D eigenvalue weighted by molar-refractivity contribution is -0.135. The quantitative estimate of drug-likeness (QED) is 0.660. The van der Waals surface area contributed by atoms with E-state index in [4.69, 9.17) is 4.74 Å². The van der Waals surface area contributed by atoms with Crippen molar-refractivity contribution in [2.75, 3.05) is 13.1 Å². The lowest BCUT2D eigenvalue weighted by Crippen LogP contribution is -2.28. The number of para-hydroxylation sites is 1. The normalized spacial score (nSPS) is 16.5. The van der Waals surface area contributed by atoms with Gasteiger partial charge in [0, 0.05) is 6.42 Å². The van der Waals surface area contributed by atoms with Crippen LogP contribution < -0.4 is 10.1 Å². The minimum absolute atomic E-state index is 0.0211. The molecule has 0 aliphatic carbocycles. The first kappa shape index (κ1) is 13.0. The molecule has 0 radical (unpaired) electrons. The summed E-state index contributed by atoms with van der Waals surface area (Å²) in [5.74, 6) is -0.237. The number of benzene rings is 1. The first-order valence-corrected chi connectivity index (χ1v) is 6.41. The molecule has 1 N–H and O–H groups in total. The molecular weight excluding hydrogens is 233 g/mol. The molecule has 1 aromatic carbocycles. The van der Waals surface area contributed by atoms with Crippen molar-refractivity contribution in [3.63, 3.8) is 0 Å². The van der Waals surface area contributed by atoms with E-state index in [1.54, 1.807) is 12.1 Å². The molecule has 3 nitrogen and oxygen atoms in total. The molecule has 98 valence electrons. The molecule has 1 aliphatic rings. The third-order valence-corrected chi connectivity index (χ3v) is 3.28. The Kier molecular flexibility index (Phi) is 4.70. The smallest absolute Gasteiger partial charge is 0.311 e. The molecule has 0 bridgehead atoms. The molecular formula is C14H18FNO2. The molecule has 0 atom stereocenters. The Morgan fingerprint density at radius 3 is 2.78 bits per heavy atom. The number of nitrogens with one attached hydrogen (secondary N) is 1. The van der Waals surface area contributed by atoms with Crippen molar-refractivity contribution in [3.05, 3.63) is 30.1 Å². The van der Waals surface area contributed by atoms with Gasteiger partial charge in [-0.05, 0) is 50.4 Å². The van der Waals surface area contributed by atoms with Crippen LogP contribution in [0.1, 0.15) is 25.7 Å². The first-order valence-electron chi connectivity index (χ1n) is 6.41. The molecule has 18 heavy (non-hydrogen) atoms. The second-order valence-corrected chi connectivity index (χ2v) is 4.64. The minimum atomic E-state index is -0.493. The molecule has 4 heteroatoms. The number of carbonyl (C=O) groups is 1. The fraction of sp³-hybridized carbons (Fsp3) is 0.500. The van der Waals surface area contributed by atoms with Crippen molar-refractivity contribution in [1.29, 1.82) is 0 Å². The molecule has 0 amide bonds. The zero-order valence-electron chi connectivity index (χ0n) is 10.3. The molecule has 0 saturated carbocycles. The van der Waals surface area contributed by atoms with E-state index in [0.29, 0.717) is 12.3 Å². The summed E-state index contributed by atoms with van der Waals surface area (Å²) in [6.07, 6.45) is 3.40. The Morgan fingerprint density at radius 1 is 1.33 bits per heavy atom. The van der Waals surface area contributed by atoms with Crippen LogP contribution in [0.2, 0.25) is 0 Å². The number of esters is 1. The van der Waals surface area contributed by atoms with Gasteiger partial charge in [-0.25, -0.2) is 4.39 Å². The number of piperidine rings is 1. The molecule has 0 aromatic heterocycles. The Labute approximate surface area is 106 Å². The molecule has 0 unspecified atom stereocenters. The number of hydrogen-bond acceptors (Lipinski definition) is 3. The van der Waals surface area contributed by atoms with Crippen LogP contribution in [0, 0.1) is 11.7 Å². The van der Waals surface area contributed by atoms with Crippen LogP contribution >= 0.6 is 0 Å². The summed E-state index contributed by atoms with van der Waals surface area (Å²) < 4.78 is 18.3. The van der Waals surface area contributed by atoms with Crippen molar-refractivity contribution in [2.45, 2.75) is 25.7 Å². The fourth-order valence-electron chi connectivity index (χ4n) is 2.19. The zero-order chi connectivity index (χ0) is 12.8. The van der Waals surface area contributed by atoms with E-state index in [9.17, 15) is 9.18 Å². The van der Waals surface area contributed by atoms with Crippen molar-refractivity contribution < 1.29 is 13.9 Å². The topological polar surface area (TPSA) is 38.3 Å². The highest BCUT2D eigenvalue weighted by Gasteiger charge is 2.16. The van der Waals surface area contributed by atoms with Crippen LogP contribution in [0.5, 0.6) is 5.75 Å². The van der Waals surface area contributed by atoms with Gasteiger partial charge in [0.05, 0.1) is 0 Å². The average Bonchev–Trinajstić information content (AvgIpc) is 2.40. The van der Waals surface area contributed by atoms with Crippen LogP contribution in [0.15, 0.2) is 24.3 Å². The lowest BCUT2D eigenvalue weighted by atomic mass is 9.93. The van der Waals surface area contributed by atoms with Gasteiger partial charge >= 0.3 is 5.97 Å². The van der Waals surface area contributed by atoms with E-state index >= 15 is 0 Å². The molecule has 0 spiro atoms. The first-order chi connectivity index (χ1) is 8.75. The van der Waals surface area contributed by atoms with E-state index in [2.05, 4.69) is 5.32 Å². The summed E-state index contributed by atoms with van der Waals surface area (Å²) in [7, 11) is 0.